The third-order valence-corrected chi connectivity index (χ3v) is 7.57. The van der Waals surface area contributed by atoms with E-state index in [1.807, 2.05) is 35.8 Å². The first kappa shape index (κ1) is 23.4. The number of nitrogens with one attached hydrogen (secondary N) is 1. The average molecular weight is 478 g/mol. The highest BCUT2D eigenvalue weighted by molar-refractivity contribution is 6.03. The van der Waals surface area contributed by atoms with Crippen molar-refractivity contribution in [2.24, 2.45) is 0 Å². The summed E-state index contributed by atoms with van der Waals surface area (Å²) in [5, 5.41) is 4.20. The predicted octanol–water partition coefficient (Wildman–Crippen LogP) is 5.04. The van der Waals surface area contributed by atoms with Crippen molar-refractivity contribution >= 4 is 22.7 Å². The number of methoxy groups -OCH3 is 1. The number of fused-ring (bicyclic) bond motifs is 3. The van der Waals surface area contributed by atoms with Gasteiger partial charge in [-0.25, -0.2) is 4.39 Å². The smallest absolute Gasteiger partial charge is 0.271 e. The Morgan fingerprint density at radius 1 is 1.09 bits per heavy atom. The lowest BCUT2D eigenvalue weighted by atomic mass is 9.93. The number of benzene rings is 2. The summed E-state index contributed by atoms with van der Waals surface area (Å²) in [6.45, 7) is 2.39. The lowest BCUT2D eigenvalue weighted by Gasteiger charge is -2.44. The second-order valence-electron chi connectivity index (χ2n) is 9.99. The van der Waals surface area contributed by atoms with Gasteiger partial charge in [-0.3, -0.25) is 9.59 Å². The number of carbonyl (C=O) groups excluding carboxylic acids is 2. The minimum absolute atomic E-state index is 0.118. The zero-order valence-corrected chi connectivity index (χ0v) is 20.4. The number of halogens is 1. The molecule has 1 atom stereocenters. The largest absolute Gasteiger partial charge is 0.497 e. The van der Waals surface area contributed by atoms with Gasteiger partial charge < -0.3 is 19.5 Å². The summed E-state index contributed by atoms with van der Waals surface area (Å²) in [5.74, 6) is 0.00961. The molecule has 1 aliphatic carbocycles. The molecule has 1 unspecified atom stereocenters. The van der Waals surface area contributed by atoms with Crippen LogP contribution in [0, 0.1) is 5.82 Å². The van der Waals surface area contributed by atoms with Gasteiger partial charge in [0.05, 0.1) is 19.2 Å². The fourth-order valence-electron chi connectivity index (χ4n) is 5.44. The van der Waals surface area contributed by atoms with E-state index in [1.165, 1.54) is 25.0 Å². The topological polar surface area (TPSA) is 63.6 Å². The van der Waals surface area contributed by atoms with E-state index in [0.29, 0.717) is 18.0 Å². The maximum Gasteiger partial charge on any atom is 0.271 e. The first-order valence-corrected chi connectivity index (χ1v) is 12.4. The Balaban J connectivity index is 1.55. The molecule has 1 aromatic heterocycles. The maximum atomic E-state index is 13.9. The molecular formula is C28H32FN3O3. The van der Waals surface area contributed by atoms with Gasteiger partial charge in [-0.2, -0.15) is 0 Å². The Hall–Kier alpha value is -3.35. The predicted molar refractivity (Wildman–Crippen MR) is 133 cm³/mol. The summed E-state index contributed by atoms with van der Waals surface area (Å²) in [6, 6.07) is 13.8. The van der Waals surface area contributed by atoms with Crippen molar-refractivity contribution in [2.45, 2.75) is 70.1 Å². The Morgan fingerprint density at radius 2 is 1.80 bits per heavy atom. The van der Waals surface area contributed by atoms with E-state index in [9.17, 15) is 14.0 Å². The number of nitrogens with zero attached hydrogens (tertiary/aromatic N) is 2. The van der Waals surface area contributed by atoms with E-state index in [-0.39, 0.29) is 30.2 Å². The van der Waals surface area contributed by atoms with E-state index in [0.717, 1.165) is 42.1 Å². The normalized spacial score (nSPS) is 21.0. The fourth-order valence-corrected chi connectivity index (χ4v) is 5.44. The molecule has 7 heteroatoms. The quantitative estimate of drug-likeness (QED) is 0.524. The van der Waals surface area contributed by atoms with Crippen LogP contribution in [0.25, 0.3) is 10.9 Å². The molecule has 0 spiro atoms. The molecule has 5 rings (SSSR count). The number of amides is 2. The first-order valence-electron chi connectivity index (χ1n) is 12.4. The molecule has 0 saturated heterocycles. The second-order valence-corrected chi connectivity index (χ2v) is 9.99. The molecule has 1 N–H and O–H groups in total. The molecule has 1 fully saturated rings. The van der Waals surface area contributed by atoms with Crippen LogP contribution in [-0.2, 0) is 17.9 Å². The van der Waals surface area contributed by atoms with E-state index < -0.39 is 5.54 Å². The van der Waals surface area contributed by atoms with Gasteiger partial charge in [0.15, 0.2) is 0 Å². The Kier molecular flexibility index (Phi) is 6.26. The zero-order chi connectivity index (χ0) is 24.6. The van der Waals surface area contributed by atoms with Crippen molar-refractivity contribution in [1.82, 2.24) is 14.8 Å². The summed E-state index contributed by atoms with van der Waals surface area (Å²) >= 11 is 0. The highest BCUT2D eigenvalue weighted by atomic mass is 19.1. The molecule has 2 amide bonds. The molecule has 2 aliphatic rings. The van der Waals surface area contributed by atoms with Crippen LogP contribution in [0.15, 0.2) is 48.5 Å². The number of hydrogen-bond donors (Lipinski definition) is 1. The molecule has 1 aliphatic heterocycles. The van der Waals surface area contributed by atoms with Gasteiger partial charge >= 0.3 is 0 Å². The van der Waals surface area contributed by atoms with Gasteiger partial charge in [-0.1, -0.05) is 37.8 Å². The molecule has 6 nitrogen and oxygen atoms in total. The monoisotopic (exact) mass is 477 g/mol. The number of rotatable bonds is 5. The van der Waals surface area contributed by atoms with Crippen molar-refractivity contribution in [1.29, 1.82) is 0 Å². The maximum absolute atomic E-state index is 13.9. The molecule has 184 valence electrons. The van der Waals surface area contributed by atoms with Crippen LogP contribution in [0.2, 0.25) is 0 Å². The molecular weight excluding hydrogens is 445 g/mol. The first-order chi connectivity index (χ1) is 16.9. The Labute approximate surface area is 205 Å². The van der Waals surface area contributed by atoms with Crippen molar-refractivity contribution in [3.05, 3.63) is 65.6 Å². The van der Waals surface area contributed by atoms with Gasteiger partial charge in [-0.05, 0) is 55.7 Å². The molecule has 2 heterocycles. The summed E-state index contributed by atoms with van der Waals surface area (Å²) in [4.78, 5) is 29.4. The SMILES string of the molecule is COc1ccc2cc3n(c2c1)CC(C)(C(=O)NC1CCCCCC1)N(Cc1ccc(F)cc1)C3=O. The highest BCUT2D eigenvalue weighted by Gasteiger charge is 2.48. The fraction of sp³-hybridized carbons (Fsp3) is 0.429. The van der Waals surface area contributed by atoms with Crippen molar-refractivity contribution < 1.29 is 18.7 Å². The molecule has 1 saturated carbocycles. The minimum atomic E-state index is -1.11. The number of carbonyl (C=O) groups is 2. The van der Waals surface area contributed by atoms with Crippen LogP contribution in [0.3, 0.4) is 0 Å². The average Bonchev–Trinajstić information content (AvgIpc) is 3.01. The molecule has 0 bridgehead atoms. The van der Waals surface area contributed by atoms with Crippen LogP contribution in [0.4, 0.5) is 4.39 Å². The van der Waals surface area contributed by atoms with Crippen molar-refractivity contribution in [3.8, 4) is 5.75 Å². The molecule has 35 heavy (non-hydrogen) atoms. The van der Waals surface area contributed by atoms with Crippen LogP contribution in [0.1, 0.15) is 61.5 Å². The van der Waals surface area contributed by atoms with Gasteiger partial charge in [-0.15, -0.1) is 0 Å². The van der Waals surface area contributed by atoms with E-state index in [2.05, 4.69) is 5.32 Å². The van der Waals surface area contributed by atoms with Crippen LogP contribution in [-0.4, -0.2) is 40.0 Å². The van der Waals surface area contributed by atoms with Crippen LogP contribution in [0.5, 0.6) is 5.75 Å². The second kappa shape index (κ2) is 9.36. The van der Waals surface area contributed by atoms with Gasteiger partial charge in [0.1, 0.15) is 22.8 Å². The Bertz CT molecular complexity index is 1240. The van der Waals surface area contributed by atoms with Crippen molar-refractivity contribution in [2.75, 3.05) is 7.11 Å². The van der Waals surface area contributed by atoms with Gasteiger partial charge in [0, 0.05) is 24.0 Å². The highest BCUT2D eigenvalue weighted by Crippen LogP contribution is 2.35. The third kappa shape index (κ3) is 4.40. The summed E-state index contributed by atoms with van der Waals surface area (Å²) < 4.78 is 20.9. The standard InChI is InChI=1S/C28H32FN3O3/c1-28(27(34)30-22-7-5-3-4-6-8-22)18-31-24-16-23(35-2)14-11-20(24)15-25(31)26(33)32(28)17-19-9-12-21(29)13-10-19/h9-16,22H,3-8,17-18H2,1-2H3,(H,30,34). The summed E-state index contributed by atoms with van der Waals surface area (Å²) in [6.07, 6.45) is 6.52. The van der Waals surface area contributed by atoms with Crippen LogP contribution >= 0.6 is 0 Å². The van der Waals surface area contributed by atoms with E-state index in [1.54, 1.807) is 24.1 Å². The number of hydrogen-bond acceptors (Lipinski definition) is 3. The lowest BCUT2D eigenvalue weighted by Crippen LogP contribution is -2.64. The third-order valence-electron chi connectivity index (χ3n) is 7.57. The van der Waals surface area contributed by atoms with Crippen molar-refractivity contribution in [3.63, 3.8) is 0 Å². The number of ether oxygens (including phenoxy) is 1. The zero-order valence-electron chi connectivity index (χ0n) is 20.4. The van der Waals surface area contributed by atoms with Gasteiger partial charge in [0.2, 0.25) is 5.91 Å². The Morgan fingerprint density at radius 3 is 2.49 bits per heavy atom. The summed E-state index contributed by atoms with van der Waals surface area (Å²) in [7, 11) is 1.61. The molecule has 3 aromatic rings. The minimum Gasteiger partial charge on any atom is -0.497 e. The van der Waals surface area contributed by atoms with E-state index >= 15 is 0 Å². The number of aromatic nitrogens is 1. The molecule has 2 aromatic carbocycles. The van der Waals surface area contributed by atoms with Crippen LogP contribution < -0.4 is 10.1 Å². The molecule has 0 radical (unpaired) electrons. The summed E-state index contributed by atoms with van der Waals surface area (Å²) in [5.41, 5.74) is 1.07. The van der Waals surface area contributed by atoms with Gasteiger partial charge in [0.25, 0.3) is 5.91 Å². The van der Waals surface area contributed by atoms with E-state index in [4.69, 9.17) is 4.74 Å². The lowest BCUT2D eigenvalue weighted by molar-refractivity contribution is -0.134.